The molecule has 0 amide bonds. The van der Waals surface area contributed by atoms with Crippen molar-refractivity contribution < 1.29 is 0 Å². The van der Waals surface area contributed by atoms with Crippen LogP contribution in [0.4, 0.5) is 0 Å². The van der Waals surface area contributed by atoms with Gasteiger partial charge >= 0.3 is 0 Å². The highest BCUT2D eigenvalue weighted by molar-refractivity contribution is 5.24. The Morgan fingerprint density at radius 1 is 1.39 bits per heavy atom. The van der Waals surface area contributed by atoms with Crippen molar-refractivity contribution in [3.63, 3.8) is 0 Å². The first-order valence-electron chi connectivity index (χ1n) is 6.96. The second kappa shape index (κ2) is 5.41. The van der Waals surface area contributed by atoms with Crippen LogP contribution in [0.25, 0.3) is 0 Å². The number of hydrogen-bond donors (Lipinski definition) is 2. The highest BCUT2D eigenvalue weighted by atomic mass is 15.3. The molecule has 0 spiro atoms. The smallest absolute Gasteiger partial charge is 0.0540 e. The highest BCUT2D eigenvalue weighted by Crippen LogP contribution is 2.28. The minimum Gasteiger partial charge on any atom is -0.311 e. The molecular formula is C14H26N4. The first-order chi connectivity index (χ1) is 8.47. The zero-order valence-corrected chi connectivity index (χ0v) is 12.1. The molecule has 4 heteroatoms. The van der Waals surface area contributed by atoms with E-state index in [1.165, 1.54) is 30.5 Å². The fraction of sp³-hybridized carbons (Fsp3) is 0.786. The minimum atomic E-state index is 0.202. The average Bonchev–Trinajstić information content (AvgIpc) is 2.67. The molecule has 2 N–H and O–H groups in total. The second-order valence-corrected chi connectivity index (χ2v) is 6.25. The van der Waals surface area contributed by atoms with E-state index in [0.29, 0.717) is 6.04 Å². The van der Waals surface area contributed by atoms with Crippen LogP contribution in [0.1, 0.15) is 50.9 Å². The van der Waals surface area contributed by atoms with Crippen LogP contribution in [0, 0.1) is 0 Å². The van der Waals surface area contributed by atoms with Crippen molar-refractivity contribution in [1.29, 1.82) is 0 Å². The summed E-state index contributed by atoms with van der Waals surface area (Å²) in [4.78, 5) is 0. The van der Waals surface area contributed by atoms with Crippen molar-refractivity contribution in [1.82, 2.24) is 20.4 Å². The molecule has 1 aromatic rings. The van der Waals surface area contributed by atoms with Crippen LogP contribution in [-0.2, 0) is 13.5 Å². The van der Waals surface area contributed by atoms with E-state index in [1.54, 1.807) is 0 Å². The summed E-state index contributed by atoms with van der Waals surface area (Å²) in [5.74, 6) is 0. The van der Waals surface area contributed by atoms with Gasteiger partial charge in [0.25, 0.3) is 0 Å². The van der Waals surface area contributed by atoms with Gasteiger partial charge in [-0.3, -0.25) is 4.68 Å². The number of aryl methyl sites for hydroxylation is 1. The maximum Gasteiger partial charge on any atom is 0.0540 e. The van der Waals surface area contributed by atoms with Crippen LogP contribution in [0.5, 0.6) is 0 Å². The van der Waals surface area contributed by atoms with Gasteiger partial charge in [-0.05, 0) is 40.0 Å². The lowest BCUT2D eigenvalue weighted by Gasteiger charge is -2.25. The third-order valence-electron chi connectivity index (χ3n) is 3.55. The van der Waals surface area contributed by atoms with Crippen molar-refractivity contribution >= 4 is 0 Å². The predicted octanol–water partition coefficient (Wildman–Crippen LogP) is 1.78. The van der Waals surface area contributed by atoms with Gasteiger partial charge in [0, 0.05) is 43.0 Å². The molecule has 0 aliphatic heterocycles. The number of rotatable bonds is 4. The molecule has 1 aliphatic rings. The van der Waals surface area contributed by atoms with Crippen molar-refractivity contribution in [2.45, 2.75) is 51.6 Å². The molecule has 0 saturated carbocycles. The van der Waals surface area contributed by atoms with Gasteiger partial charge in [-0.25, -0.2) is 0 Å². The van der Waals surface area contributed by atoms with Gasteiger partial charge in [0.05, 0.1) is 6.20 Å². The van der Waals surface area contributed by atoms with Gasteiger partial charge in [-0.1, -0.05) is 0 Å². The average molecular weight is 250 g/mol. The minimum absolute atomic E-state index is 0.202. The monoisotopic (exact) mass is 250 g/mol. The van der Waals surface area contributed by atoms with Crippen molar-refractivity contribution in [3.05, 3.63) is 17.5 Å². The van der Waals surface area contributed by atoms with Gasteiger partial charge in [0.1, 0.15) is 0 Å². The Morgan fingerprint density at radius 2 is 2.17 bits per heavy atom. The summed E-state index contributed by atoms with van der Waals surface area (Å²) < 4.78 is 2.02. The summed E-state index contributed by atoms with van der Waals surface area (Å²) in [5, 5.41) is 11.5. The summed E-state index contributed by atoms with van der Waals surface area (Å²) in [6, 6.07) is 0.490. The molecule has 1 unspecified atom stereocenters. The van der Waals surface area contributed by atoms with E-state index in [0.717, 1.165) is 13.1 Å². The SMILES string of the molecule is Cn1ncc2c1CCCC2NCCNC(C)(C)C. The van der Waals surface area contributed by atoms with Crippen LogP contribution < -0.4 is 10.6 Å². The van der Waals surface area contributed by atoms with E-state index in [2.05, 4.69) is 36.5 Å². The van der Waals surface area contributed by atoms with Gasteiger partial charge in [0.15, 0.2) is 0 Å². The number of aromatic nitrogens is 2. The molecule has 1 aromatic heterocycles. The van der Waals surface area contributed by atoms with E-state index in [9.17, 15) is 0 Å². The number of fused-ring (bicyclic) bond motifs is 1. The van der Waals surface area contributed by atoms with Crippen molar-refractivity contribution in [2.75, 3.05) is 13.1 Å². The fourth-order valence-electron chi connectivity index (χ4n) is 2.60. The molecule has 0 aromatic carbocycles. The molecule has 102 valence electrons. The van der Waals surface area contributed by atoms with Crippen LogP contribution in [-0.4, -0.2) is 28.4 Å². The first-order valence-corrected chi connectivity index (χ1v) is 6.96. The molecule has 18 heavy (non-hydrogen) atoms. The summed E-state index contributed by atoms with van der Waals surface area (Å²) in [6.07, 6.45) is 5.69. The molecule has 0 radical (unpaired) electrons. The summed E-state index contributed by atoms with van der Waals surface area (Å²) in [5.41, 5.74) is 3.01. The number of nitrogens with zero attached hydrogens (tertiary/aromatic N) is 2. The topological polar surface area (TPSA) is 41.9 Å². The zero-order chi connectivity index (χ0) is 13.2. The molecule has 0 fully saturated rings. The molecule has 4 nitrogen and oxygen atoms in total. The Kier molecular flexibility index (Phi) is 4.07. The number of hydrogen-bond acceptors (Lipinski definition) is 3. The van der Waals surface area contributed by atoms with E-state index in [-0.39, 0.29) is 5.54 Å². The molecule has 2 rings (SSSR count). The molecule has 1 heterocycles. The summed E-state index contributed by atoms with van der Waals surface area (Å²) >= 11 is 0. The maximum atomic E-state index is 4.38. The van der Waals surface area contributed by atoms with E-state index < -0.39 is 0 Å². The highest BCUT2D eigenvalue weighted by Gasteiger charge is 2.22. The molecule has 1 aliphatic carbocycles. The maximum absolute atomic E-state index is 4.38. The van der Waals surface area contributed by atoms with Crippen LogP contribution >= 0.6 is 0 Å². The molecule has 0 saturated heterocycles. The fourth-order valence-corrected chi connectivity index (χ4v) is 2.60. The normalized spacial score (nSPS) is 19.9. The zero-order valence-electron chi connectivity index (χ0n) is 12.1. The Balaban J connectivity index is 1.84. The third kappa shape index (κ3) is 3.33. The molecule has 0 bridgehead atoms. The van der Waals surface area contributed by atoms with E-state index >= 15 is 0 Å². The Hall–Kier alpha value is -0.870. The third-order valence-corrected chi connectivity index (χ3v) is 3.55. The quantitative estimate of drug-likeness (QED) is 0.800. The molecule has 1 atom stereocenters. The largest absolute Gasteiger partial charge is 0.311 e. The lowest BCUT2D eigenvalue weighted by Crippen LogP contribution is -2.41. The van der Waals surface area contributed by atoms with Crippen molar-refractivity contribution in [3.8, 4) is 0 Å². The predicted molar refractivity (Wildman–Crippen MR) is 74.6 cm³/mol. The van der Waals surface area contributed by atoms with Gasteiger partial charge in [0.2, 0.25) is 0 Å². The second-order valence-electron chi connectivity index (χ2n) is 6.25. The number of nitrogens with one attached hydrogen (secondary N) is 2. The van der Waals surface area contributed by atoms with Gasteiger partial charge < -0.3 is 10.6 Å². The van der Waals surface area contributed by atoms with Crippen LogP contribution in [0.15, 0.2) is 6.20 Å². The van der Waals surface area contributed by atoms with Crippen molar-refractivity contribution in [2.24, 2.45) is 7.05 Å². The van der Waals surface area contributed by atoms with Crippen LogP contribution in [0.2, 0.25) is 0 Å². The molecular weight excluding hydrogens is 224 g/mol. The Bertz CT molecular complexity index is 389. The lowest BCUT2D eigenvalue weighted by molar-refractivity contribution is 0.397. The lowest BCUT2D eigenvalue weighted by atomic mass is 9.93. The summed E-state index contributed by atoms with van der Waals surface area (Å²) in [6.45, 7) is 8.62. The van der Waals surface area contributed by atoms with E-state index in [1.807, 2.05) is 17.9 Å². The summed E-state index contributed by atoms with van der Waals surface area (Å²) in [7, 11) is 2.04. The van der Waals surface area contributed by atoms with Gasteiger partial charge in [-0.15, -0.1) is 0 Å². The standard InChI is InChI=1S/C14H26N4/c1-14(2,3)16-9-8-15-12-6-5-7-13-11(12)10-17-18(13)4/h10,12,15-16H,5-9H2,1-4H3. The van der Waals surface area contributed by atoms with E-state index in [4.69, 9.17) is 0 Å². The first kappa shape index (κ1) is 13.6. The Labute approximate surface area is 110 Å². The van der Waals surface area contributed by atoms with Crippen LogP contribution in [0.3, 0.4) is 0 Å². The van der Waals surface area contributed by atoms with Gasteiger partial charge in [-0.2, -0.15) is 5.10 Å². The Morgan fingerprint density at radius 3 is 2.89 bits per heavy atom.